The van der Waals surface area contributed by atoms with Crippen molar-refractivity contribution in [3.8, 4) is 0 Å². The zero-order valence-corrected chi connectivity index (χ0v) is 13.7. The summed E-state index contributed by atoms with van der Waals surface area (Å²) in [4.78, 5) is 11.6. The summed E-state index contributed by atoms with van der Waals surface area (Å²) in [5.74, 6) is 2.59. The molecule has 2 aromatic heterocycles. The molecule has 0 amide bonds. The quantitative estimate of drug-likeness (QED) is 0.936. The number of nitrogens with zero attached hydrogens (tertiary/aromatic N) is 4. The van der Waals surface area contributed by atoms with Crippen LogP contribution in [0.4, 0.5) is 11.8 Å². The maximum atomic E-state index is 5.21. The van der Waals surface area contributed by atoms with E-state index in [0.29, 0.717) is 6.54 Å². The van der Waals surface area contributed by atoms with Crippen molar-refractivity contribution >= 4 is 11.8 Å². The fourth-order valence-corrected chi connectivity index (χ4v) is 2.77. The Morgan fingerprint density at radius 1 is 1.05 bits per heavy atom. The van der Waals surface area contributed by atoms with Crippen LogP contribution in [0.3, 0.4) is 0 Å². The van der Waals surface area contributed by atoms with E-state index in [9.17, 15) is 0 Å². The van der Waals surface area contributed by atoms with Gasteiger partial charge in [0.1, 0.15) is 11.6 Å². The molecule has 1 fully saturated rings. The van der Waals surface area contributed by atoms with E-state index in [1.54, 1.807) is 0 Å². The van der Waals surface area contributed by atoms with Gasteiger partial charge in [-0.15, -0.1) is 0 Å². The fraction of sp³-hybridized carbons (Fsp3) is 0.562. The standard InChI is InChI=1S/C16H23N5O/c1-10-11(2)18-16(21-7-5-6-8-21)19-15(10)17-9-14-12(3)20-22-13(14)4/h5-9H2,1-4H3,(H,17,18,19). The zero-order valence-electron chi connectivity index (χ0n) is 13.7. The molecule has 1 aliphatic rings. The van der Waals surface area contributed by atoms with Crippen molar-refractivity contribution in [2.24, 2.45) is 0 Å². The largest absolute Gasteiger partial charge is 0.365 e. The van der Waals surface area contributed by atoms with Crippen molar-refractivity contribution in [1.29, 1.82) is 0 Å². The smallest absolute Gasteiger partial charge is 0.227 e. The third-order valence-corrected chi connectivity index (χ3v) is 4.38. The normalized spacial score (nSPS) is 14.6. The molecule has 0 atom stereocenters. The van der Waals surface area contributed by atoms with Gasteiger partial charge < -0.3 is 14.7 Å². The summed E-state index contributed by atoms with van der Waals surface area (Å²) in [5.41, 5.74) is 4.14. The first-order valence-electron chi connectivity index (χ1n) is 7.82. The minimum Gasteiger partial charge on any atom is -0.365 e. The predicted octanol–water partition coefficient (Wildman–Crippen LogP) is 2.91. The number of hydrogen-bond acceptors (Lipinski definition) is 6. The average molecular weight is 301 g/mol. The van der Waals surface area contributed by atoms with Crippen LogP contribution in [0.25, 0.3) is 0 Å². The lowest BCUT2D eigenvalue weighted by Gasteiger charge is -2.18. The van der Waals surface area contributed by atoms with E-state index in [-0.39, 0.29) is 0 Å². The maximum Gasteiger partial charge on any atom is 0.227 e. The molecule has 6 heteroatoms. The van der Waals surface area contributed by atoms with Crippen LogP contribution in [0.2, 0.25) is 0 Å². The van der Waals surface area contributed by atoms with Gasteiger partial charge in [0.05, 0.1) is 5.69 Å². The topological polar surface area (TPSA) is 67.1 Å². The van der Waals surface area contributed by atoms with Gasteiger partial charge in [0.25, 0.3) is 0 Å². The van der Waals surface area contributed by atoms with Crippen LogP contribution in [-0.2, 0) is 6.54 Å². The van der Waals surface area contributed by atoms with Gasteiger partial charge in [-0.2, -0.15) is 4.98 Å². The van der Waals surface area contributed by atoms with Gasteiger partial charge in [0.15, 0.2) is 0 Å². The van der Waals surface area contributed by atoms with Gasteiger partial charge >= 0.3 is 0 Å². The van der Waals surface area contributed by atoms with Crippen molar-refractivity contribution in [2.45, 2.75) is 47.1 Å². The van der Waals surface area contributed by atoms with Gasteiger partial charge in [-0.1, -0.05) is 5.16 Å². The Labute approximate surface area is 130 Å². The molecule has 3 rings (SSSR count). The molecule has 0 aliphatic carbocycles. The zero-order chi connectivity index (χ0) is 15.7. The molecule has 1 saturated heterocycles. The lowest BCUT2D eigenvalue weighted by molar-refractivity contribution is 0.392. The first-order chi connectivity index (χ1) is 10.6. The average Bonchev–Trinajstić information content (AvgIpc) is 3.12. The first-order valence-corrected chi connectivity index (χ1v) is 7.82. The molecule has 0 spiro atoms. The Bertz CT molecular complexity index is 654. The van der Waals surface area contributed by atoms with E-state index in [0.717, 1.165) is 53.1 Å². The second-order valence-electron chi connectivity index (χ2n) is 5.93. The molecule has 118 valence electrons. The highest BCUT2D eigenvalue weighted by Gasteiger charge is 2.18. The Morgan fingerprint density at radius 2 is 1.77 bits per heavy atom. The second-order valence-corrected chi connectivity index (χ2v) is 5.93. The molecule has 0 radical (unpaired) electrons. The molecule has 1 N–H and O–H groups in total. The van der Waals surface area contributed by atoms with E-state index in [4.69, 9.17) is 9.51 Å². The van der Waals surface area contributed by atoms with Gasteiger partial charge in [-0.3, -0.25) is 0 Å². The molecule has 6 nitrogen and oxygen atoms in total. The summed E-state index contributed by atoms with van der Waals surface area (Å²) < 4.78 is 5.21. The third-order valence-electron chi connectivity index (χ3n) is 4.38. The SMILES string of the molecule is Cc1nc(N2CCCC2)nc(NCc2c(C)noc2C)c1C. The van der Waals surface area contributed by atoms with Crippen molar-refractivity contribution in [1.82, 2.24) is 15.1 Å². The Kier molecular flexibility index (Phi) is 4.00. The third kappa shape index (κ3) is 2.77. The summed E-state index contributed by atoms with van der Waals surface area (Å²) >= 11 is 0. The molecule has 2 aromatic rings. The number of hydrogen-bond donors (Lipinski definition) is 1. The molecule has 0 bridgehead atoms. The van der Waals surface area contributed by atoms with Crippen LogP contribution >= 0.6 is 0 Å². The molecule has 1 aliphatic heterocycles. The van der Waals surface area contributed by atoms with Crippen molar-refractivity contribution < 1.29 is 4.52 Å². The second kappa shape index (κ2) is 5.94. The highest BCUT2D eigenvalue weighted by atomic mass is 16.5. The summed E-state index contributed by atoms with van der Waals surface area (Å²) in [7, 11) is 0. The van der Waals surface area contributed by atoms with Crippen molar-refractivity contribution in [3.05, 3.63) is 28.3 Å². The van der Waals surface area contributed by atoms with Gasteiger partial charge in [0.2, 0.25) is 5.95 Å². The van der Waals surface area contributed by atoms with Crippen molar-refractivity contribution in [2.75, 3.05) is 23.3 Å². The summed E-state index contributed by atoms with van der Waals surface area (Å²) in [6.07, 6.45) is 2.44. The molecule has 0 unspecified atom stereocenters. The molecular formula is C16H23N5O. The highest BCUT2D eigenvalue weighted by Crippen LogP contribution is 2.23. The molecule has 3 heterocycles. The molecular weight excluding hydrogens is 278 g/mol. The predicted molar refractivity (Wildman–Crippen MR) is 86.3 cm³/mol. The van der Waals surface area contributed by atoms with Gasteiger partial charge in [-0.25, -0.2) is 4.98 Å². The van der Waals surface area contributed by atoms with E-state index in [1.165, 1.54) is 12.8 Å². The Hall–Kier alpha value is -2.11. The maximum absolute atomic E-state index is 5.21. The summed E-state index contributed by atoms with van der Waals surface area (Å²) in [5, 5.41) is 7.42. The van der Waals surface area contributed by atoms with E-state index >= 15 is 0 Å². The van der Waals surface area contributed by atoms with Gasteiger partial charge in [0, 0.05) is 36.5 Å². The first kappa shape index (κ1) is 14.8. The minimum absolute atomic E-state index is 0.665. The Morgan fingerprint density at radius 3 is 2.41 bits per heavy atom. The van der Waals surface area contributed by atoms with Crippen molar-refractivity contribution in [3.63, 3.8) is 0 Å². The lowest BCUT2D eigenvalue weighted by Crippen LogP contribution is -2.22. The van der Waals surface area contributed by atoms with Crippen LogP contribution in [-0.4, -0.2) is 28.2 Å². The van der Waals surface area contributed by atoms with Crippen LogP contribution in [0.15, 0.2) is 4.52 Å². The summed E-state index contributed by atoms with van der Waals surface area (Å²) in [6.45, 7) is 10.7. The molecule has 0 saturated carbocycles. The van der Waals surface area contributed by atoms with Crippen LogP contribution in [0.1, 0.15) is 41.1 Å². The summed E-state index contributed by atoms with van der Waals surface area (Å²) in [6, 6.07) is 0. The Balaban J connectivity index is 1.83. The van der Waals surface area contributed by atoms with Crippen LogP contribution in [0, 0.1) is 27.7 Å². The van der Waals surface area contributed by atoms with Crippen LogP contribution < -0.4 is 10.2 Å². The molecule has 0 aromatic carbocycles. The minimum atomic E-state index is 0.665. The monoisotopic (exact) mass is 301 g/mol. The van der Waals surface area contributed by atoms with E-state index in [2.05, 4.69) is 27.3 Å². The number of aromatic nitrogens is 3. The molecule has 22 heavy (non-hydrogen) atoms. The van der Waals surface area contributed by atoms with Gasteiger partial charge in [-0.05, 0) is 40.5 Å². The van der Waals surface area contributed by atoms with Crippen LogP contribution in [0.5, 0.6) is 0 Å². The van der Waals surface area contributed by atoms with E-state index < -0.39 is 0 Å². The van der Waals surface area contributed by atoms with E-state index in [1.807, 2.05) is 20.8 Å². The lowest BCUT2D eigenvalue weighted by atomic mass is 10.2. The fourth-order valence-electron chi connectivity index (χ4n) is 2.77. The number of nitrogens with one attached hydrogen (secondary N) is 1. The number of anilines is 2. The number of rotatable bonds is 4. The number of aryl methyl sites for hydroxylation is 3. The highest BCUT2D eigenvalue weighted by molar-refractivity contribution is 5.51.